The van der Waals surface area contributed by atoms with Crippen LogP contribution in [-0.2, 0) is 22.2 Å². The number of halogens is 1. The standard InChI is InChI=1S/C42H45ClN6O4.C6H9NO/c1-41(2)30-8-6-26(22-34(30)49-33-5-3-4-32(43)35(33)38(51)45-39(41)49)25-10-16-46(17-11-25)27-12-18-47(19-13-27)40(52)48-20-14-42(15-21-48)24-53-36-29-23-44-37(50)28(29)7-9-31(36)42;1-5-3-2-4-6(8)7-5/h3-9,22,25,27H,10-21,23-24H2,1-2H3,(H,44,50);1-4H2,(H,7,8). The predicted molar refractivity (Wildman–Crippen MR) is 235 cm³/mol. The first-order chi connectivity index (χ1) is 29.4. The summed E-state index contributed by atoms with van der Waals surface area (Å²) in [5.74, 6) is 2.22. The Morgan fingerprint density at radius 1 is 0.902 bits per heavy atom. The maximum atomic E-state index is 13.7. The average molecular weight is 844 g/mol. The number of rotatable bonds is 2. The molecule has 11 rings (SSSR count). The lowest BCUT2D eigenvalue weighted by atomic mass is 9.74. The third-order valence-corrected chi connectivity index (χ3v) is 15.1. The molecule has 0 radical (unpaired) electrons. The zero-order valence-corrected chi connectivity index (χ0v) is 35.9. The van der Waals surface area contributed by atoms with E-state index in [0.29, 0.717) is 41.9 Å². The number of nitrogens with one attached hydrogen (secondary N) is 2. The van der Waals surface area contributed by atoms with Gasteiger partial charge in [0.2, 0.25) is 5.91 Å². The maximum absolute atomic E-state index is 13.7. The molecule has 0 unspecified atom stereocenters. The summed E-state index contributed by atoms with van der Waals surface area (Å²) in [6.45, 7) is 14.3. The van der Waals surface area contributed by atoms with Crippen molar-refractivity contribution in [2.45, 2.75) is 101 Å². The minimum atomic E-state index is -0.391. The van der Waals surface area contributed by atoms with Gasteiger partial charge < -0.3 is 30.1 Å². The Morgan fingerprint density at radius 2 is 1.64 bits per heavy atom. The first-order valence-corrected chi connectivity index (χ1v) is 22.5. The molecule has 0 atom stereocenters. The Kier molecular flexibility index (Phi) is 10.0. The Balaban J connectivity index is 0.000000503. The van der Waals surface area contributed by atoms with Crippen molar-refractivity contribution < 1.29 is 19.1 Å². The van der Waals surface area contributed by atoms with Crippen molar-refractivity contribution in [2.24, 2.45) is 0 Å². The fourth-order valence-corrected chi connectivity index (χ4v) is 11.5. The highest BCUT2D eigenvalue weighted by Gasteiger charge is 2.46. The number of carbonyl (C=O) groups excluding carboxylic acids is 3. The number of urea groups is 1. The van der Waals surface area contributed by atoms with Gasteiger partial charge >= 0.3 is 6.03 Å². The van der Waals surface area contributed by atoms with Gasteiger partial charge in [-0.05, 0) is 120 Å². The molecule has 0 saturated carbocycles. The Morgan fingerprint density at radius 3 is 2.36 bits per heavy atom. The summed E-state index contributed by atoms with van der Waals surface area (Å²) < 4.78 is 8.38. The van der Waals surface area contributed by atoms with Crippen LogP contribution in [0.25, 0.3) is 16.6 Å². The van der Waals surface area contributed by atoms with Gasteiger partial charge in [-0.1, -0.05) is 42.4 Å². The minimum Gasteiger partial charge on any atom is -0.492 e. The molecule has 4 amide bonds. The zero-order chi connectivity index (χ0) is 42.2. The molecule has 8 heterocycles. The van der Waals surface area contributed by atoms with E-state index in [-0.39, 0.29) is 28.8 Å². The van der Waals surface area contributed by atoms with Crippen molar-refractivity contribution in [1.82, 2.24) is 34.9 Å². The van der Waals surface area contributed by atoms with Crippen molar-refractivity contribution in [1.29, 1.82) is 0 Å². The number of piperidine rings is 4. The molecule has 4 aromatic rings. The van der Waals surface area contributed by atoms with Gasteiger partial charge in [0.1, 0.15) is 11.6 Å². The van der Waals surface area contributed by atoms with Crippen molar-refractivity contribution in [3.63, 3.8) is 0 Å². The van der Waals surface area contributed by atoms with Crippen LogP contribution in [0.15, 0.2) is 65.6 Å². The molecule has 0 aliphatic carbocycles. The van der Waals surface area contributed by atoms with Crippen LogP contribution in [0.3, 0.4) is 0 Å². The monoisotopic (exact) mass is 843 g/mol. The lowest BCUT2D eigenvalue weighted by Gasteiger charge is -2.44. The van der Waals surface area contributed by atoms with Crippen LogP contribution in [0.1, 0.15) is 116 Å². The van der Waals surface area contributed by atoms with Gasteiger partial charge in [-0.25, -0.2) is 4.79 Å². The molecule has 1 spiro atoms. The van der Waals surface area contributed by atoms with Crippen LogP contribution in [0.4, 0.5) is 4.79 Å². The second-order valence-corrected chi connectivity index (χ2v) is 19.0. The van der Waals surface area contributed by atoms with Crippen LogP contribution < -0.4 is 20.9 Å². The van der Waals surface area contributed by atoms with E-state index in [9.17, 15) is 19.2 Å². The second kappa shape index (κ2) is 15.3. The number of hydrogen-bond acceptors (Lipinski definition) is 7. The van der Waals surface area contributed by atoms with Crippen molar-refractivity contribution in [3.8, 4) is 11.4 Å². The number of aromatic nitrogens is 2. The largest absolute Gasteiger partial charge is 0.492 e. The fourth-order valence-electron chi connectivity index (χ4n) is 11.2. The lowest BCUT2D eigenvalue weighted by Crippen LogP contribution is -2.54. The highest BCUT2D eigenvalue weighted by molar-refractivity contribution is 6.35. The first kappa shape index (κ1) is 39.9. The van der Waals surface area contributed by atoms with E-state index >= 15 is 0 Å². The molecule has 12 nitrogen and oxygen atoms in total. The van der Waals surface area contributed by atoms with Gasteiger partial charge in [-0.2, -0.15) is 4.98 Å². The second-order valence-electron chi connectivity index (χ2n) is 18.6. The van der Waals surface area contributed by atoms with E-state index in [0.717, 1.165) is 130 Å². The molecule has 0 bridgehead atoms. The summed E-state index contributed by atoms with van der Waals surface area (Å²) in [4.78, 5) is 60.8. The first-order valence-electron chi connectivity index (χ1n) is 22.1. The SMILES string of the molecule is C=C1CCCC(=O)N1.CC1(C)c2ccc(C3CCN(C4CCN(C(=O)N5CCC6(CC5)COc5c6ccc6c5CNC6=O)CC4)CC3)cc2-n2c1nc(=O)c1c(Cl)cccc12. The van der Waals surface area contributed by atoms with Crippen LogP contribution in [-0.4, -0.2) is 94.0 Å². The van der Waals surface area contributed by atoms with E-state index in [1.807, 2.05) is 18.2 Å². The van der Waals surface area contributed by atoms with Gasteiger partial charge in [-0.15, -0.1) is 0 Å². The topological polar surface area (TPSA) is 129 Å². The van der Waals surface area contributed by atoms with Gasteiger partial charge in [-0.3, -0.25) is 19.0 Å². The molecule has 4 fully saturated rings. The summed E-state index contributed by atoms with van der Waals surface area (Å²) >= 11 is 6.51. The van der Waals surface area contributed by atoms with E-state index < -0.39 is 5.41 Å². The molecule has 7 aliphatic heterocycles. The van der Waals surface area contributed by atoms with Gasteiger partial charge in [0.05, 0.1) is 33.6 Å². The Labute approximate surface area is 361 Å². The normalized spacial score (nSPS) is 21.9. The van der Waals surface area contributed by atoms with Crippen LogP contribution in [0.2, 0.25) is 5.02 Å². The molecule has 2 N–H and O–H groups in total. The maximum Gasteiger partial charge on any atom is 0.320 e. The molecule has 3 aromatic carbocycles. The van der Waals surface area contributed by atoms with Crippen LogP contribution >= 0.6 is 11.6 Å². The number of hydrogen-bond donors (Lipinski definition) is 2. The van der Waals surface area contributed by atoms with E-state index in [1.165, 1.54) is 16.7 Å². The van der Waals surface area contributed by atoms with E-state index in [2.05, 4.69) is 79.6 Å². The molecule has 318 valence electrons. The highest BCUT2D eigenvalue weighted by atomic mass is 35.5. The fraction of sp³-hybridized carbons (Fsp3) is 0.479. The van der Waals surface area contributed by atoms with Crippen molar-refractivity contribution in [3.05, 3.63) is 110 Å². The van der Waals surface area contributed by atoms with Crippen LogP contribution in [0, 0.1) is 0 Å². The zero-order valence-electron chi connectivity index (χ0n) is 35.2. The highest BCUT2D eigenvalue weighted by Crippen LogP contribution is 2.49. The third-order valence-electron chi connectivity index (χ3n) is 14.8. The number of fused-ring (bicyclic) bond motifs is 9. The number of amides is 4. The number of likely N-dealkylation sites (tertiary alicyclic amines) is 3. The van der Waals surface area contributed by atoms with Gasteiger partial charge in [0.25, 0.3) is 11.5 Å². The molecular formula is C48H54ClN7O5. The smallest absolute Gasteiger partial charge is 0.320 e. The van der Waals surface area contributed by atoms with Crippen LogP contribution in [0.5, 0.6) is 5.75 Å². The summed E-state index contributed by atoms with van der Waals surface area (Å²) in [5.41, 5.74) is 7.50. The summed E-state index contributed by atoms with van der Waals surface area (Å²) in [7, 11) is 0. The molecule has 1 aromatic heterocycles. The molecule has 4 saturated heterocycles. The predicted octanol–water partition coefficient (Wildman–Crippen LogP) is 6.91. The van der Waals surface area contributed by atoms with Crippen molar-refractivity contribution in [2.75, 3.05) is 45.9 Å². The van der Waals surface area contributed by atoms with E-state index in [1.54, 1.807) is 6.07 Å². The number of benzene rings is 3. The number of nitrogens with zero attached hydrogens (tertiary/aromatic N) is 5. The summed E-state index contributed by atoms with van der Waals surface area (Å²) in [6, 6.07) is 17.2. The van der Waals surface area contributed by atoms with Crippen molar-refractivity contribution >= 4 is 40.3 Å². The quantitative estimate of drug-likeness (QED) is 0.225. The van der Waals surface area contributed by atoms with E-state index in [4.69, 9.17) is 16.3 Å². The van der Waals surface area contributed by atoms with Gasteiger partial charge in [0.15, 0.2) is 0 Å². The Bertz CT molecular complexity index is 2530. The summed E-state index contributed by atoms with van der Waals surface area (Å²) in [5, 5.41) is 6.48. The van der Waals surface area contributed by atoms with Gasteiger partial charge in [0, 0.05) is 73.0 Å². The molecule has 61 heavy (non-hydrogen) atoms. The summed E-state index contributed by atoms with van der Waals surface area (Å²) in [6.07, 6.45) is 8.57. The third kappa shape index (κ3) is 6.81. The molecule has 7 aliphatic rings. The number of carbonyl (C=O) groups is 3. The molecular weight excluding hydrogens is 790 g/mol. The number of ether oxygens (including phenoxy) is 1. The lowest BCUT2D eigenvalue weighted by molar-refractivity contribution is -0.121. The Hall–Kier alpha value is -5.20. The average Bonchev–Trinajstić information content (AvgIpc) is 3.90. The number of allylic oxidation sites excluding steroid dienone is 1. The molecule has 13 heteroatoms. The minimum absolute atomic E-state index is 0.0213.